The lowest BCUT2D eigenvalue weighted by atomic mass is 9.81. The first kappa shape index (κ1) is 14.8. The summed E-state index contributed by atoms with van der Waals surface area (Å²) in [6.45, 7) is 14.9. The molecule has 0 saturated carbocycles. The topological polar surface area (TPSA) is 0 Å². The van der Waals surface area contributed by atoms with Crippen molar-refractivity contribution >= 4 is 11.6 Å². The average Bonchev–Trinajstić information content (AvgIpc) is 1.88. The quantitative estimate of drug-likeness (QED) is 0.561. The second-order valence-corrected chi connectivity index (χ2v) is 5.44. The molecular formula is C11H25Cl. The highest BCUT2D eigenvalue weighted by molar-refractivity contribution is 6.23. The van der Waals surface area contributed by atoms with E-state index in [1.165, 1.54) is 6.42 Å². The minimum Gasteiger partial charge on any atom is -0.120 e. The van der Waals surface area contributed by atoms with Gasteiger partial charge in [-0.05, 0) is 25.7 Å². The fourth-order valence-electron chi connectivity index (χ4n) is 1.26. The molecule has 0 aliphatic heterocycles. The third kappa shape index (κ3) is 10.3. The number of rotatable bonds is 3. The van der Waals surface area contributed by atoms with Crippen LogP contribution in [0.15, 0.2) is 0 Å². The zero-order chi connectivity index (χ0) is 10.4. The first-order valence-electron chi connectivity index (χ1n) is 4.96. The summed E-state index contributed by atoms with van der Waals surface area (Å²) in [7, 11) is 0. The van der Waals surface area contributed by atoms with Gasteiger partial charge < -0.3 is 0 Å². The smallest absolute Gasteiger partial charge is 0.0395 e. The molecule has 0 heterocycles. The van der Waals surface area contributed by atoms with Crippen molar-refractivity contribution in [3.63, 3.8) is 0 Å². The molecule has 0 amide bonds. The van der Waals surface area contributed by atoms with Crippen LogP contribution in [0.4, 0.5) is 0 Å². The molecule has 0 aromatic carbocycles. The van der Waals surface area contributed by atoms with Gasteiger partial charge in [0.25, 0.3) is 0 Å². The molecule has 12 heavy (non-hydrogen) atoms. The second kappa shape index (κ2) is 5.85. The van der Waals surface area contributed by atoms with Gasteiger partial charge in [0.05, 0.1) is 0 Å². The molecule has 0 fully saturated rings. The second-order valence-electron chi connectivity index (χ2n) is 4.41. The third-order valence-corrected chi connectivity index (χ3v) is 1.99. The van der Waals surface area contributed by atoms with E-state index in [-0.39, 0.29) is 4.87 Å². The normalized spacial score (nSPS) is 12.0. The van der Waals surface area contributed by atoms with Crippen molar-refractivity contribution in [1.29, 1.82) is 0 Å². The Labute approximate surface area is 83.7 Å². The highest BCUT2D eigenvalue weighted by Crippen LogP contribution is 2.34. The van der Waals surface area contributed by atoms with E-state index in [1.54, 1.807) is 0 Å². The average molecular weight is 193 g/mol. The zero-order valence-electron chi connectivity index (χ0n) is 9.79. The van der Waals surface area contributed by atoms with Crippen LogP contribution in [0.5, 0.6) is 0 Å². The van der Waals surface area contributed by atoms with Crippen LogP contribution in [0.25, 0.3) is 0 Å². The standard InChI is InChI=1S/C9H19Cl.C2H6/c1-6-8(2,3)7-9(4,5)10;1-2/h6-7H2,1-5H3;1-2H3. The van der Waals surface area contributed by atoms with Crippen LogP contribution in [0, 0.1) is 5.41 Å². The van der Waals surface area contributed by atoms with E-state index in [0.29, 0.717) is 5.41 Å². The Kier molecular flexibility index (Phi) is 7.22. The van der Waals surface area contributed by atoms with Crippen molar-refractivity contribution in [3.8, 4) is 0 Å². The minimum absolute atomic E-state index is 0.0422. The lowest BCUT2D eigenvalue weighted by Gasteiger charge is -2.29. The lowest BCUT2D eigenvalue weighted by Crippen LogP contribution is -2.22. The summed E-state index contributed by atoms with van der Waals surface area (Å²) in [5.74, 6) is 0. The molecule has 0 unspecified atom stereocenters. The third-order valence-electron chi connectivity index (χ3n) is 1.86. The van der Waals surface area contributed by atoms with Gasteiger partial charge in [-0.15, -0.1) is 11.6 Å². The number of hydrogen-bond acceptors (Lipinski definition) is 0. The Hall–Kier alpha value is 0.290. The molecule has 0 aromatic rings. The summed E-state index contributed by atoms with van der Waals surface area (Å²) in [6.07, 6.45) is 2.28. The summed E-state index contributed by atoms with van der Waals surface area (Å²) >= 11 is 6.10. The molecule has 0 N–H and O–H groups in total. The van der Waals surface area contributed by atoms with Crippen LogP contribution >= 0.6 is 11.6 Å². The molecule has 0 nitrogen and oxygen atoms in total. The fourth-order valence-corrected chi connectivity index (χ4v) is 1.62. The maximum Gasteiger partial charge on any atom is 0.0395 e. The van der Waals surface area contributed by atoms with Gasteiger partial charge in [-0.3, -0.25) is 0 Å². The molecule has 0 bridgehead atoms. The van der Waals surface area contributed by atoms with E-state index in [1.807, 2.05) is 13.8 Å². The Morgan fingerprint density at radius 2 is 1.33 bits per heavy atom. The molecule has 0 spiro atoms. The van der Waals surface area contributed by atoms with E-state index >= 15 is 0 Å². The van der Waals surface area contributed by atoms with E-state index in [9.17, 15) is 0 Å². The molecule has 0 aromatic heterocycles. The van der Waals surface area contributed by atoms with Crippen LogP contribution in [-0.2, 0) is 0 Å². The number of halogens is 1. The van der Waals surface area contributed by atoms with Gasteiger partial charge in [0.15, 0.2) is 0 Å². The van der Waals surface area contributed by atoms with Crippen molar-refractivity contribution in [2.75, 3.05) is 0 Å². The maximum atomic E-state index is 6.10. The van der Waals surface area contributed by atoms with Gasteiger partial charge in [0.1, 0.15) is 0 Å². The molecule has 0 atom stereocenters. The summed E-state index contributed by atoms with van der Waals surface area (Å²) in [6, 6.07) is 0. The van der Waals surface area contributed by atoms with Crippen LogP contribution in [0.3, 0.4) is 0 Å². The van der Waals surface area contributed by atoms with Gasteiger partial charge in [0, 0.05) is 4.87 Å². The molecule has 1 heteroatoms. The van der Waals surface area contributed by atoms with Gasteiger partial charge in [-0.25, -0.2) is 0 Å². The van der Waals surface area contributed by atoms with Gasteiger partial charge in [-0.1, -0.05) is 41.0 Å². The van der Waals surface area contributed by atoms with E-state index in [0.717, 1.165) is 6.42 Å². The lowest BCUT2D eigenvalue weighted by molar-refractivity contribution is 0.289. The van der Waals surface area contributed by atoms with Crippen LogP contribution in [-0.4, -0.2) is 4.87 Å². The largest absolute Gasteiger partial charge is 0.120 e. The van der Waals surface area contributed by atoms with Crippen molar-refractivity contribution in [3.05, 3.63) is 0 Å². The van der Waals surface area contributed by atoms with Crippen LogP contribution < -0.4 is 0 Å². The first-order chi connectivity index (χ1) is 5.27. The number of alkyl halides is 1. The molecule has 0 radical (unpaired) electrons. The van der Waals surface area contributed by atoms with Crippen LogP contribution in [0.2, 0.25) is 0 Å². The van der Waals surface area contributed by atoms with Gasteiger partial charge >= 0.3 is 0 Å². The van der Waals surface area contributed by atoms with E-state index < -0.39 is 0 Å². The molecule has 76 valence electrons. The van der Waals surface area contributed by atoms with E-state index in [4.69, 9.17) is 11.6 Å². The highest BCUT2D eigenvalue weighted by Gasteiger charge is 2.24. The van der Waals surface area contributed by atoms with Crippen molar-refractivity contribution < 1.29 is 0 Å². The molecule has 0 aliphatic carbocycles. The summed E-state index contributed by atoms with van der Waals surface area (Å²) in [5, 5.41) is 0. The predicted molar refractivity (Wildman–Crippen MR) is 60.0 cm³/mol. The van der Waals surface area contributed by atoms with Crippen LogP contribution in [0.1, 0.15) is 61.3 Å². The van der Waals surface area contributed by atoms with E-state index in [2.05, 4.69) is 34.6 Å². The van der Waals surface area contributed by atoms with Gasteiger partial charge in [-0.2, -0.15) is 0 Å². The molecule has 0 rings (SSSR count). The summed E-state index contributed by atoms with van der Waals surface area (Å²) < 4.78 is 0. The molecule has 0 aliphatic rings. The summed E-state index contributed by atoms with van der Waals surface area (Å²) in [5.41, 5.74) is 0.394. The Balaban J connectivity index is 0. The van der Waals surface area contributed by atoms with Gasteiger partial charge in [0.2, 0.25) is 0 Å². The molecule has 0 saturated heterocycles. The van der Waals surface area contributed by atoms with Crippen molar-refractivity contribution in [1.82, 2.24) is 0 Å². The first-order valence-corrected chi connectivity index (χ1v) is 5.33. The SMILES string of the molecule is CC.CCC(C)(C)CC(C)(C)Cl. The Morgan fingerprint density at radius 3 is 1.42 bits per heavy atom. The van der Waals surface area contributed by atoms with Crippen molar-refractivity contribution in [2.24, 2.45) is 5.41 Å². The highest BCUT2D eigenvalue weighted by atomic mass is 35.5. The predicted octanol–water partition coefficient (Wildman–Crippen LogP) is 4.86. The summed E-state index contributed by atoms with van der Waals surface area (Å²) in [4.78, 5) is -0.0422. The minimum atomic E-state index is -0.0422. The molecular weight excluding hydrogens is 168 g/mol. The Bertz CT molecular complexity index is 98.1. The zero-order valence-corrected chi connectivity index (χ0v) is 10.5. The van der Waals surface area contributed by atoms with Crippen molar-refractivity contribution in [2.45, 2.75) is 66.2 Å². The Morgan fingerprint density at radius 1 is 1.00 bits per heavy atom. The monoisotopic (exact) mass is 192 g/mol. The fraction of sp³-hybridized carbons (Fsp3) is 1.00. The maximum absolute atomic E-state index is 6.10. The number of hydrogen-bond donors (Lipinski definition) is 0.